The molecule has 0 bridgehead atoms. The number of hydrogen-bond acceptors (Lipinski definition) is 6. The van der Waals surface area contributed by atoms with Crippen molar-refractivity contribution in [2.75, 3.05) is 18.1 Å². The summed E-state index contributed by atoms with van der Waals surface area (Å²) in [7, 11) is -3.22. The molecular weight excluding hydrogens is 276 g/mol. The molecule has 0 unspecified atom stereocenters. The number of aryl methyl sites for hydroxylation is 1. The molecule has 1 heterocycles. The second-order valence-corrected chi connectivity index (χ2v) is 8.09. The Kier molecular flexibility index (Phi) is 4.02. The Labute approximate surface area is 110 Å². The normalized spacial score (nSPS) is 12.4. The fourth-order valence-corrected chi connectivity index (χ4v) is 2.28. The van der Waals surface area contributed by atoms with E-state index in [0.717, 1.165) is 17.8 Å². The van der Waals surface area contributed by atoms with Gasteiger partial charge in [-0.25, -0.2) is 13.2 Å². The van der Waals surface area contributed by atoms with Gasteiger partial charge < -0.3 is 10.4 Å². The summed E-state index contributed by atoms with van der Waals surface area (Å²) in [5.74, 6) is -1.07. The Bertz CT molecular complexity index is 560. The van der Waals surface area contributed by atoms with Gasteiger partial charge in [0.2, 0.25) is 0 Å². The van der Waals surface area contributed by atoms with Crippen LogP contribution in [0.1, 0.15) is 29.9 Å². The lowest BCUT2D eigenvalue weighted by Gasteiger charge is -2.22. The molecule has 1 aromatic rings. The molecule has 0 radical (unpaired) electrons. The molecule has 1 rings (SSSR count). The number of carboxylic acids is 1. The number of carbonyl (C=O) groups is 1. The molecule has 102 valence electrons. The number of nitrogens with zero attached hydrogens (tertiary/aromatic N) is 1. The minimum atomic E-state index is -3.22. The second-order valence-electron chi connectivity index (χ2n) is 4.66. The van der Waals surface area contributed by atoms with Gasteiger partial charge in [0, 0.05) is 12.8 Å². The molecule has 0 saturated carbocycles. The van der Waals surface area contributed by atoms with Gasteiger partial charge in [0.05, 0.1) is 10.4 Å². The summed E-state index contributed by atoms with van der Waals surface area (Å²) < 4.78 is 26.0. The van der Waals surface area contributed by atoms with E-state index in [1.165, 1.54) is 0 Å². The van der Waals surface area contributed by atoms with Gasteiger partial charge in [0.15, 0.2) is 9.84 Å². The Morgan fingerprint density at radius 3 is 2.50 bits per heavy atom. The van der Waals surface area contributed by atoms with Crippen molar-refractivity contribution in [3.63, 3.8) is 0 Å². The zero-order valence-corrected chi connectivity index (χ0v) is 12.3. The zero-order valence-electron chi connectivity index (χ0n) is 10.6. The van der Waals surface area contributed by atoms with Gasteiger partial charge in [-0.2, -0.15) is 4.37 Å². The molecule has 0 spiro atoms. The molecule has 0 amide bonds. The largest absolute Gasteiger partial charge is 0.478 e. The van der Waals surface area contributed by atoms with E-state index in [4.69, 9.17) is 5.11 Å². The molecule has 0 saturated heterocycles. The van der Waals surface area contributed by atoms with Crippen LogP contribution in [0, 0.1) is 6.92 Å². The summed E-state index contributed by atoms with van der Waals surface area (Å²) in [6.45, 7) is 4.91. The van der Waals surface area contributed by atoms with Crippen molar-refractivity contribution >= 4 is 32.3 Å². The van der Waals surface area contributed by atoms with Crippen LogP contribution in [0.2, 0.25) is 0 Å². The van der Waals surface area contributed by atoms with Crippen LogP contribution in [-0.4, -0.2) is 41.4 Å². The lowest BCUT2D eigenvalue weighted by atomic mass is 10.2. The molecule has 0 fully saturated rings. The molecule has 18 heavy (non-hydrogen) atoms. The van der Waals surface area contributed by atoms with Gasteiger partial charge in [-0.3, -0.25) is 0 Å². The molecular formula is C10H16N2O4S2. The van der Waals surface area contributed by atoms with Crippen LogP contribution in [0.3, 0.4) is 0 Å². The molecule has 6 nitrogen and oxygen atoms in total. The molecule has 0 aromatic carbocycles. The molecule has 0 atom stereocenters. The first-order chi connectivity index (χ1) is 8.06. The molecule has 8 heteroatoms. The predicted molar refractivity (Wildman–Crippen MR) is 71.2 cm³/mol. The van der Waals surface area contributed by atoms with Gasteiger partial charge in [0.1, 0.15) is 10.6 Å². The SMILES string of the molecule is Cc1nsc(NCC(C)(C)S(C)(=O)=O)c1C(=O)O. The van der Waals surface area contributed by atoms with E-state index >= 15 is 0 Å². The number of aromatic nitrogens is 1. The number of aromatic carboxylic acids is 1. The molecule has 0 aliphatic rings. The summed E-state index contributed by atoms with van der Waals surface area (Å²) in [6, 6.07) is 0. The highest BCUT2D eigenvalue weighted by Crippen LogP contribution is 2.26. The molecule has 1 aromatic heterocycles. The zero-order chi connectivity index (χ0) is 14.1. The highest BCUT2D eigenvalue weighted by Gasteiger charge is 2.30. The van der Waals surface area contributed by atoms with E-state index in [1.54, 1.807) is 20.8 Å². The molecule has 0 aliphatic heterocycles. The standard InChI is InChI=1S/C10H16N2O4S2/c1-6-7(9(13)14)8(17-12-6)11-5-10(2,3)18(4,15)16/h11H,5H2,1-4H3,(H,13,14). The van der Waals surface area contributed by atoms with Gasteiger partial charge in [0.25, 0.3) is 0 Å². The Morgan fingerprint density at radius 1 is 1.50 bits per heavy atom. The number of anilines is 1. The summed E-state index contributed by atoms with van der Waals surface area (Å²) in [4.78, 5) is 11.0. The fraction of sp³-hybridized carbons (Fsp3) is 0.600. The number of nitrogens with one attached hydrogen (secondary N) is 1. The second kappa shape index (κ2) is 4.85. The average Bonchev–Trinajstić information content (AvgIpc) is 2.55. The van der Waals surface area contributed by atoms with Crippen molar-refractivity contribution < 1.29 is 18.3 Å². The van der Waals surface area contributed by atoms with E-state index in [1.807, 2.05) is 0 Å². The summed E-state index contributed by atoms with van der Waals surface area (Å²) in [6.07, 6.45) is 1.16. The summed E-state index contributed by atoms with van der Waals surface area (Å²) in [5, 5.41) is 12.3. The Hall–Kier alpha value is -1.15. The predicted octanol–water partition coefficient (Wildman–Crippen LogP) is 1.38. The highest BCUT2D eigenvalue weighted by atomic mass is 32.2. The smallest absolute Gasteiger partial charge is 0.340 e. The summed E-state index contributed by atoms with van der Waals surface area (Å²) >= 11 is 1.02. The van der Waals surface area contributed by atoms with Crippen molar-refractivity contribution in [1.29, 1.82) is 0 Å². The first kappa shape index (κ1) is 14.9. The van der Waals surface area contributed by atoms with Crippen molar-refractivity contribution in [2.24, 2.45) is 0 Å². The van der Waals surface area contributed by atoms with Crippen LogP contribution >= 0.6 is 11.5 Å². The monoisotopic (exact) mass is 292 g/mol. The quantitative estimate of drug-likeness (QED) is 0.851. The first-order valence-electron chi connectivity index (χ1n) is 5.19. The molecule has 2 N–H and O–H groups in total. The third-order valence-corrected chi connectivity index (χ3v) is 5.80. The Balaban J connectivity index is 2.92. The average molecular weight is 292 g/mol. The maximum atomic E-state index is 11.5. The third-order valence-electron chi connectivity index (χ3n) is 2.76. The van der Waals surface area contributed by atoms with Crippen LogP contribution < -0.4 is 5.32 Å². The number of carboxylic acid groups (broad SMARTS) is 1. The van der Waals surface area contributed by atoms with E-state index in [-0.39, 0.29) is 12.1 Å². The van der Waals surface area contributed by atoms with Crippen LogP contribution in [0.15, 0.2) is 0 Å². The van der Waals surface area contributed by atoms with Crippen LogP contribution in [-0.2, 0) is 9.84 Å². The number of hydrogen-bond donors (Lipinski definition) is 2. The Morgan fingerprint density at radius 2 is 2.06 bits per heavy atom. The highest BCUT2D eigenvalue weighted by molar-refractivity contribution is 7.92. The lowest BCUT2D eigenvalue weighted by Crippen LogP contribution is -2.38. The van der Waals surface area contributed by atoms with Gasteiger partial charge in [-0.15, -0.1) is 0 Å². The van der Waals surface area contributed by atoms with Crippen molar-refractivity contribution in [3.05, 3.63) is 11.3 Å². The van der Waals surface area contributed by atoms with Gasteiger partial charge >= 0.3 is 5.97 Å². The van der Waals surface area contributed by atoms with Crippen molar-refractivity contribution in [2.45, 2.75) is 25.5 Å². The van der Waals surface area contributed by atoms with Gasteiger partial charge in [-0.1, -0.05) is 0 Å². The minimum Gasteiger partial charge on any atom is -0.478 e. The van der Waals surface area contributed by atoms with Gasteiger partial charge in [-0.05, 0) is 32.3 Å². The maximum absolute atomic E-state index is 11.5. The van der Waals surface area contributed by atoms with Crippen molar-refractivity contribution in [3.8, 4) is 0 Å². The fourth-order valence-electron chi connectivity index (χ4n) is 1.17. The van der Waals surface area contributed by atoms with E-state index in [0.29, 0.717) is 10.7 Å². The third kappa shape index (κ3) is 2.99. The number of sulfone groups is 1. The minimum absolute atomic E-state index is 0.101. The molecule has 0 aliphatic carbocycles. The van der Waals surface area contributed by atoms with Crippen LogP contribution in [0.4, 0.5) is 5.00 Å². The summed E-state index contributed by atoms with van der Waals surface area (Å²) in [5.41, 5.74) is 0.525. The van der Waals surface area contributed by atoms with Crippen LogP contribution in [0.5, 0.6) is 0 Å². The maximum Gasteiger partial charge on any atom is 0.340 e. The number of rotatable bonds is 5. The van der Waals surface area contributed by atoms with E-state index in [9.17, 15) is 13.2 Å². The lowest BCUT2D eigenvalue weighted by molar-refractivity contribution is 0.0697. The first-order valence-corrected chi connectivity index (χ1v) is 7.86. The topological polar surface area (TPSA) is 96.4 Å². The van der Waals surface area contributed by atoms with E-state index in [2.05, 4.69) is 9.69 Å². The van der Waals surface area contributed by atoms with Crippen LogP contribution in [0.25, 0.3) is 0 Å². The van der Waals surface area contributed by atoms with Crippen molar-refractivity contribution in [1.82, 2.24) is 4.37 Å². The van der Waals surface area contributed by atoms with E-state index < -0.39 is 20.6 Å².